The van der Waals surface area contributed by atoms with Crippen LogP contribution < -0.4 is 11.1 Å². The minimum atomic E-state index is -0.593. The van der Waals surface area contributed by atoms with E-state index in [-0.39, 0.29) is 5.41 Å². The molecule has 5 nitrogen and oxygen atoms in total. The molecule has 24 heavy (non-hydrogen) atoms. The number of nitrogens with zero attached hydrogens (tertiary/aromatic N) is 2. The number of hydrogen-bond donors (Lipinski definition) is 2. The summed E-state index contributed by atoms with van der Waals surface area (Å²) in [5.74, 6) is 1.13. The number of hydrogen-bond acceptors (Lipinski definition) is 5. The lowest BCUT2D eigenvalue weighted by molar-refractivity contribution is 0.00910. The molecule has 1 aliphatic carbocycles. The van der Waals surface area contributed by atoms with Gasteiger partial charge in [0.25, 0.3) is 0 Å². The molecule has 4 rings (SSSR count). The number of allylic oxidation sites excluding steroid dienone is 3. The van der Waals surface area contributed by atoms with Gasteiger partial charge in [-0.25, -0.2) is 0 Å². The first kappa shape index (κ1) is 15.7. The number of nitrogens with two attached hydrogens (primary N) is 1. The normalized spacial score (nSPS) is 34.0. The van der Waals surface area contributed by atoms with Crippen LogP contribution in [0.5, 0.6) is 0 Å². The van der Waals surface area contributed by atoms with E-state index in [0.29, 0.717) is 19.5 Å². The maximum absolute atomic E-state index is 9.40. The van der Waals surface area contributed by atoms with Crippen molar-refractivity contribution >= 4 is 0 Å². The molecule has 3 heterocycles. The van der Waals surface area contributed by atoms with Crippen molar-refractivity contribution in [1.29, 1.82) is 5.26 Å². The minimum Gasteiger partial charge on any atom is -0.473 e. The SMILES string of the molecule is N#CC[C@@]1(NCCN)CC23CCCCC2=CN2C=CCCC2=C3O1. The molecule has 3 aliphatic heterocycles. The Labute approximate surface area is 143 Å². The van der Waals surface area contributed by atoms with E-state index >= 15 is 0 Å². The average molecular weight is 326 g/mol. The Bertz CT molecular complexity index is 659. The van der Waals surface area contributed by atoms with Gasteiger partial charge in [0.1, 0.15) is 5.76 Å². The van der Waals surface area contributed by atoms with Gasteiger partial charge in [0.15, 0.2) is 5.72 Å². The lowest BCUT2D eigenvalue weighted by atomic mass is 9.65. The molecule has 0 amide bonds. The molecule has 1 spiro atoms. The van der Waals surface area contributed by atoms with E-state index in [9.17, 15) is 5.26 Å². The van der Waals surface area contributed by atoms with E-state index in [1.54, 1.807) is 0 Å². The first-order valence-corrected chi connectivity index (χ1v) is 9.14. The topological polar surface area (TPSA) is 74.3 Å². The molecule has 0 aromatic heterocycles. The number of fused-ring (bicyclic) bond motifs is 1. The summed E-state index contributed by atoms with van der Waals surface area (Å²) in [6.07, 6.45) is 14.7. The van der Waals surface area contributed by atoms with Crippen LogP contribution in [0.15, 0.2) is 35.5 Å². The quantitative estimate of drug-likeness (QED) is 0.831. The fourth-order valence-electron chi connectivity index (χ4n) is 4.86. The summed E-state index contributed by atoms with van der Waals surface area (Å²) in [5.41, 5.74) is 7.87. The molecule has 1 saturated heterocycles. The summed E-state index contributed by atoms with van der Waals surface area (Å²) in [6.45, 7) is 1.22. The predicted octanol–water partition coefficient (Wildman–Crippen LogP) is 2.84. The summed E-state index contributed by atoms with van der Waals surface area (Å²) in [5, 5.41) is 12.9. The fraction of sp³-hybridized carbons (Fsp3) is 0.632. The van der Waals surface area contributed by atoms with Gasteiger partial charge in [-0.1, -0.05) is 12.5 Å². The molecule has 5 heteroatoms. The molecular weight excluding hydrogens is 300 g/mol. The molecule has 4 aliphatic rings. The van der Waals surface area contributed by atoms with Crippen molar-refractivity contribution in [2.24, 2.45) is 11.1 Å². The third-order valence-corrected chi connectivity index (χ3v) is 5.87. The van der Waals surface area contributed by atoms with Crippen molar-refractivity contribution in [3.63, 3.8) is 0 Å². The summed E-state index contributed by atoms with van der Waals surface area (Å²) in [7, 11) is 0. The van der Waals surface area contributed by atoms with E-state index in [2.05, 4.69) is 34.8 Å². The first-order valence-electron chi connectivity index (χ1n) is 9.14. The van der Waals surface area contributed by atoms with E-state index in [1.807, 2.05) is 0 Å². The van der Waals surface area contributed by atoms with Crippen molar-refractivity contribution in [3.05, 3.63) is 35.5 Å². The lowest BCUT2D eigenvalue weighted by Gasteiger charge is -2.42. The van der Waals surface area contributed by atoms with Gasteiger partial charge in [0.2, 0.25) is 0 Å². The molecule has 2 fully saturated rings. The minimum absolute atomic E-state index is 0.00624. The van der Waals surface area contributed by atoms with Gasteiger partial charge < -0.3 is 15.4 Å². The van der Waals surface area contributed by atoms with Gasteiger partial charge in [-0.3, -0.25) is 5.32 Å². The Morgan fingerprint density at radius 1 is 1.38 bits per heavy atom. The van der Waals surface area contributed by atoms with Crippen molar-refractivity contribution in [2.75, 3.05) is 13.1 Å². The van der Waals surface area contributed by atoms with Crippen LogP contribution in [0.4, 0.5) is 0 Å². The maximum Gasteiger partial charge on any atom is 0.175 e. The Hall–Kier alpha value is -1.77. The van der Waals surface area contributed by atoms with Gasteiger partial charge in [0, 0.05) is 31.9 Å². The third-order valence-electron chi connectivity index (χ3n) is 5.87. The second kappa shape index (κ2) is 5.94. The van der Waals surface area contributed by atoms with Crippen LogP contribution in [0.25, 0.3) is 0 Å². The zero-order chi connectivity index (χ0) is 16.6. The lowest BCUT2D eigenvalue weighted by Crippen LogP contribution is -2.47. The molecule has 0 aromatic rings. The van der Waals surface area contributed by atoms with E-state index in [4.69, 9.17) is 10.5 Å². The third kappa shape index (κ3) is 2.28. The zero-order valence-electron chi connectivity index (χ0n) is 14.2. The Morgan fingerprint density at radius 2 is 2.29 bits per heavy atom. The van der Waals surface area contributed by atoms with Crippen LogP contribution in [0.1, 0.15) is 51.4 Å². The molecule has 2 atom stereocenters. The van der Waals surface area contributed by atoms with Gasteiger partial charge in [-0.15, -0.1) is 0 Å². The van der Waals surface area contributed by atoms with Crippen LogP contribution in [0, 0.1) is 16.7 Å². The van der Waals surface area contributed by atoms with Crippen molar-refractivity contribution < 1.29 is 4.74 Å². The van der Waals surface area contributed by atoms with Gasteiger partial charge in [0.05, 0.1) is 23.6 Å². The second-order valence-corrected chi connectivity index (χ2v) is 7.37. The average Bonchev–Trinajstić information content (AvgIpc) is 2.93. The van der Waals surface area contributed by atoms with E-state index in [1.165, 1.54) is 24.1 Å². The number of nitriles is 1. The smallest absolute Gasteiger partial charge is 0.175 e. The monoisotopic (exact) mass is 326 g/mol. The Morgan fingerprint density at radius 3 is 3.12 bits per heavy atom. The summed E-state index contributed by atoms with van der Waals surface area (Å²) in [4.78, 5) is 2.25. The van der Waals surface area contributed by atoms with E-state index in [0.717, 1.165) is 37.9 Å². The summed E-state index contributed by atoms with van der Waals surface area (Å²) in [6, 6.07) is 2.34. The molecular formula is C19H26N4O. The molecule has 0 bridgehead atoms. The first-order chi connectivity index (χ1) is 11.7. The predicted molar refractivity (Wildman–Crippen MR) is 91.9 cm³/mol. The highest BCUT2D eigenvalue weighted by atomic mass is 16.5. The fourth-order valence-corrected chi connectivity index (χ4v) is 4.86. The highest BCUT2D eigenvalue weighted by molar-refractivity contribution is 5.41. The Kier molecular flexibility index (Phi) is 3.90. The highest BCUT2D eigenvalue weighted by Crippen LogP contribution is 2.61. The molecule has 1 unspecified atom stereocenters. The van der Waals surface area contributed by atoms with Crippen LogP contribution in [0.3, 0.4) is 0 Å². The molecule has 128 valence electrons. The summed E-state index contributed by atoms with van der Waals surface area (Å²) >= 11 is 0. The molecule has 1 saturated carbocycles. The van der Waals surface area contributed by atoms with Crippen molar-refractivity contribution in [1.82, 2.24) is 10.2 Å². The largest absolute Gasteiger partial charge is 0.473 e. The second-order valence-electron chi connectivity index (χ2n) is 7.37. The van der Waals surface area contributed by atoms with E-state index < -0.39 is 5.72 Å². The molecule has 0 aromatic carbocycles. The van der Waals surface area contributed by atoms with Gasteiger partial charge in [-0.05, 0) is 37.7 Å². The molecule has 0 radical (unpaired) electrons. The van der Waals surface area contributed by atoms with Crippen molar-refractivity contribution in [2.45, 2.75) is 57.1 Å². The standard InChI is InChI=1S/C19H26N4O/c20-9-8-19(22-11-10-21)14-18-7-3-1-5-15(18)13-23-12-4-2-6-16(23)17(18)24-19/h4,12-13,22H,1-3,5-8,10-11,14,21H2/t18?,19-/m0/s1. The zero-order valence-corrected chi connectivity index (χ0v) is 14.2. The highest BCUT2D eigenvalue weighted by Gasteiger charge is 2.58. The van der Waals surface area contributed by atoms with Gasteiger partial charge >= 0.3 is 0 Å². The number of nitrogens with one attached hydrogen (secondary N) is 1. The van der Waals surface area contributed by atoms with Crippen LogP contribution >= 0.6 is 0 Å². The van der Waals surface area contributed by atoms with Gasteiger partial charge in [-0.2, -0.15) is 5.26 Å². The number of ether oxygens (including phenoxy) is 1. The molecule has 3 N–H and O–H groups in total. The van der Waals surface area contributed by atoms with Crippen LogP contribution in [-0.2, 0) is 4.74 Å². The summed E-state index contributed by atoms with van der Waals surface area (Å²) < 4.78 is 6.60. The number of rotatable bonds is 4. The van der Waals surface area contributed by atoms with Crippen molar-refractivity contribution in [3.8, 4) is 6.07 Å². The van der Waals surface area contributed by atoms with Crippen LogP contribution in [-0.4, -0.2) is 23.7 Å². The maximum atomic E-state index is 9.40. The van der Waals surface area contributed by atoms with Crippen LogP contribution in [0.2, 0.25) is 0 Å². The Balaban J connectivity index is 1.79.